The molecule has 122 valence electrons. The first kappa shape index (κ1) is 17.5. The predicted octanol–water partition coefficient (Wildman–Crippen LogP) is 4.10. The van der Waals surface area contributed by atoms with Gasteiger partial charge in [0.2, 0.25) is 5.96 Å². The van der Waals surface area contributed by atoms with Crippen molar-refractivity contribution in [3.8, 4) is 0 Å². The van der Waals surface area contributed by atoms with Crippen LogP contribution in [-0.4, -0.2) is 23.3 Å². The van der Waals surface area contributed by atoms with Gasteiger partial charge >= 0.3 is 0 Å². The van der Waals surface area contributed by atoms with Gasteiger partial charge in [-0.15, -0.1) is 23.7 Å². The maximum Gasteiger partial charge on any atom is 0.251 e. The highest BCUT2D eigenvalue weighted by atomic mass is 35.5. The Labute approximate surface area is 146 Å². The molecule has 2 heterocycles. The van der Waals surface area contributed by atoms with Gasteiger partial charge in [-0.25, -0.2) is 4.99 Å². The molecular formula is C17H20ClN3OS. The molecule has 1 aliphatic rings. The third-order valence-electron chi connectivity index (χ3n) is 3.65. The number of hydrogen-bond donors (Lipinski definition) is 1. The van der Waals surface area contributed by atoms with Gasteiger partial charge in [0.25, 0.3) is 5.91 Å². The van der Waals surface area contributed by atoms with E-state index in [0.29, 0.717) is 18.4 Å². The fourth-order valence-corrected chi connectivity index (χ4v) is 3.03. The van der Waals surface area contributed by atoms with Crippen LogP contribution in [0.25, 0.3) is 0 Å². The molecule has 0 radical (unpaired) electrons. The van der Waals surface area contributed by atoms with E-state index in [1.54, 1.807) is 16.2 Å². The highest BCUT2D eigenvalue weighted by Crippen LogP contribution is 2.19. The molecule has 1 N–H and O–H groups in total. The quantitative estimate of drug-likeness (QED) is 0.903. The molecule has 1 aromatic heterocycles. The van der Waals surface area contributed by atoms with Crippen molar-refractivity contribution in [1.29, 1.82) is 0 Å². The molecule has 0 bridgehead atoms. The van der Waals surface area contributed by atoms with Crippen molar-refractivity contribution < 1.29 is 4.79 Å². The molecule has 0 aliphatic carbocycles. The summed E-state index contributed by atoms with van der Waals surface area (Å²) in [6.07, 6.45) is 0. The average molecular weight is 350 g/mol. The van der Waals surface area contributed by atoms with Gasteiger partial charge in [-0.05, 0) is 35.1 Å². The summed E-state index contributed by atoms with van der Waals surface area (Å²) in [6, 6.07) is 12.3. The van der Waals surface area contributed by atoms with Crippen LogP contribution in [-0.2, 0) is 11.3 Å². The van der Waals surface area contributed by atoms with E-state index in [0.717, 1.165) is 10.6 Å². The summed E-state index contributed by atoms with van der Waals surface area (Å²) in [6.45, 7) is 5.14. The van der Waals surface area contributed by atoms with Gasteiger partial charge in [0.15, 0.2) is 0 Å². The standard InChI is InChI=1S/C17H19N3OS.ClH/c1-12(2)13-5-7-14(8-6-13)19-17-18-10-16(21)20(17)11-15-4-3-9-22-15;/h3-9,12H,10-11H2,1-2H3,(H,18,19);1H. The summed E-state index contributed by atoms with van der Waals surface area (Å²) in [5.41, 5.74) is 2.25. The summed E-state index contributed by atoms with van der Waals surface area (Å²) >= 11 is 1.65. The molecule has 0 atom stereocenters. The summed E-state index contributed by atoms with van der Waals surface area (Å²) in [5.74, 6) is 1.18. The Bertz CT molecular complexity index is 680. The van der Waals surface area contributed by atoms with Gasteiger partial charge in [-0.3, -0.25) is 9.69 Å². The molecule has 4 nitrogen and oxygen atoms in total. The third kappa shape index (κ3) is 4.12. The highest BCUT2D eigenvalue weighted by Gasteiger charge is 2.25. The molecule has 1 aromatic carbocycles. The number of carbonyl (C=O) groups excluding carboxylic acids is 1. The summed E-state index contributed by atoms with van der Waals surface area (Å²) < 4.78 is 0. The van der Waals surface area contributed by atoms with E-state index in [1.807, 2.05) is 29.6 Å². The van der Waals surface area contributed by atoms with Gasteiger partial charge < -0.3 is 5.32 Å². The first-order valence-corrected chi connectivity index (χ1v) is 8.25. The van der Waals surface area contributed by atoms with Crippen LogP contribution in [0.15, 0.2) is 46.8 Å². The number of aliphatic imine (C=N–C) groups is 1. The van der Waals surface area contributed by atoms with Crippen molar-refractivity contribution in [2.45, 2.75) is 26.3 Å². The van der Waals surface area contributed by atoms with Crippen LogP contribution in [0.2, 0.25) is 0 Å². The Morgan fingerprint density at radius 1 is 1.26 bits per heavy atom. The maximum atomic E-state index is 12.0. The lowest BCUT2D eigenvalue weighted by Gasteiger charge is -2.19. The summed E-state index contributed by atoms with van der Waals surface area (Å²) in [7, 11) is 0. The first-order chi connectivity index (χ1) is 10.6. The number of thiophene rings is 1. The number of rotatable bonds is 4. The van der Waals surface area contributed by atoms with Crippen molar-refractivity contribution in [1.82, 2.24) is 4.90 Å². The van der Waals surface area contributed by atoms with E-state index < -0.39 is 0 Å². The second-order valence-electron chi connectivity index (χ2n) is 5.60. The van der Waals surface area contributed by atoms with Gasteiger partial charge in [0.1, 0.15) is 6.54 Å². The Hall–Kier alpha value is -1.85. The number of nitrogens with zero attached hydrogens (tertiary/aromatic N) is 2. The number of nitrogens with one attached hydrogen (secondary N) is 1. The molecular weight excluding hydrogens is 330 g/mol. The van der Waals surface area contributed by atoms with Crippen molar-refractivity contribution in [3.63, 3.8) is 0 Å². The van der Waals surface area contributed by atoms with Crippen molar-refractivity contribution in [3.05, 3.63) is 52.2 Å². The zero-order valence-corrected chi connectivity index (χ0v) is 14.8. The van der Waals surface area contributed by atoms with Crippen LogP contribution < -0.4 is 5.32 Å². The van der Waals surface area contributed by atoms with E-state index in [-0.39, 0.29) is 24.9 Å². The number of halogens is 1. The number of carbonyl (C=O) groups is 1. The van der Waals surface area contributed by atoms with Crippen LogP contribution in [0.3, 0.4) is 0 Å². The predicted molar refractivity (Wildman–Crippen MR) is 98.6 cm³/mol. The van der Waals surface area contributed by atoms with Crippen LogP contribution in [0, 0.1) is 0 Å². The molecule has 23 heavy (non-hydrogen) atoms. The number of hydrogen-bond acceptors (Lipinski definition) is 4. The van der Waals surface area contributed by atoms with Crippen LogP contribution in [0.1, 0.15) is 30.2 Å². The average Bonchev–Trinajstić information content (AvgIpc) is 3.13. The maximum absolute atomic E-state index is 12.0. The number of benzene rings is 1. The molecule has 3 rings (SSSR count). The topological polar surface area (TPSA) is 44.7 Å². The van der Waals surface area contributed by atoms with E-state index in [9.17, 15) is 4.79 Å². The lowest BCUT2D eigenvalue weighted by molar-refractivity contribution is -0.125. The first-order valence-electron chi connectivity index (χ1n) is 7.37. The molecule has 2 aromatic rings. The zero-order chi connectivity index (χ0) is 15.5. The normalized spacial score (nSPS) is 14.0. The number of guanidine groups is 1. The van der Waals surface area contributed by atoms with Gasteiger partial charge in [-0.2, -0.15) is 0 Å². The van der Waals surface area contributed by atoms with Crippen molar-refractivity contribution >= 4 is 41.3 Å². The smallest absolute Gasteiger partial charge is 0.251 e. The Morgan fingerprint density at radius 2 is 2.00 bits per heavy atom. The van der Waals surface area contributed by atoms with Gasteiger partial charge in [-0.1, -0.05) is 32.0 Å². The highest BCUT2D eigenvalue weighted by molar-refractivity contribution is 7.09. The molecule has 0 saturated heterocycles. The van der Waals surface area contributed by atoms with Crippen LogP contribution in [0.5, 0.6) is 0 Å². The van der Waals surface area contributed by atoms with Crippen LogP contribution >= 0.6 is 23.7 Å². The van der Waals surface area contributed by atoms with Crippen molar-refractivity contribution in [2.24, 2.45) is 4.99 Å². The zero-order valence-electron chi connectivity index (χ0n) is 13.2. The van der Waals surface area contributed by atoms with Gasteiger partial charge in [0.05, 0.1) is 6.54 Å². The Morgan fingerprint density at radius 3 is 2.61 bits per heavy atom. The largest absolute Gasteiger partial charge is 0.326 e. The third-order valence-corrected chi connectivity index (χ3v) is 4.51. The van der Waals surface area contributed by atoms with Crippen molar-refractivity contribution in [2.75, 3.05) is 11.9 Å². The van der Waals surface area contributed by atoms with Gasteiger partial charge in [0, 0.05) is 10.6 Å². The lowest BCUT2D eigenvalue weighted by Crippen LogP contribution is -2.36. The van der Waals surface area contributed by atoms with E-state index in [2.05, 4.69) is 36.3 Å². The lowest BCUT2D eigenvalue weighted by atomic mass is 10.0. The summed E-state index contributed by atoms with van der Waals surface area (Å²) in [4.78, 5) is 19.2. The molecule has 0 spiro atoms. The number of amides is 1. The molecule has 1 aliphatic heterocycles. The molecule has 1 amide bonds. The SMILES string of the molecule is CC(C)c1ccc(NC2=NCC(=O)N2Cc2cccs2)cc1.Cl. The van der Waals surface area contributed by atoms with Crippen LogP contribution in [0.4, 0.5) is 5.69 Å². The monoisotopic (exact) mass is 349 g/mol. The second-order valence-corrected chi connectivity index (χ2v) is 6.63. The molecule has 0 saturated carbocycles. The fourth-order valence-electron chi connectivity index (χ4n) is 2.34. The minimum atomic E-state index is 0. The Balaban J connectivity index is 0.00000192. The fraction of sp³-hybridized carbons (Fsp3) is 0.294. The minimum Gasteiger partial charge on any atom is -0.326 e. The molecule has 0 unspecified atom stereocenters. The molecule has 6 heteroatoms. The second kappa shape index (κ2) is 7.62. The number of anilines is 1. The molecule has 0 fully saturated rings. The Kier molecular flexibility index (Phi) is 5.80. The van der Waals surface area contributed by atoms with E-state index in [1.165, 1.54) is 5.56 Å². The van der Waals surface area contributed by atoms with E-state index in [4.69, 9.17) is 0 Å². The van der Waals surface area contributed by atoms with E-state index >= 15 is 0 Å². The minimum absolute atomic E-state index is 0. The summed E-state index contributed by atoms with van der Waals surface area (Å²) in [5, 5.41) is 5.28.